The Morgan fingerprint density at radius 3 is 2.25 bits per heavy atom. The van der Waals surface area contributed by atoms with Crippen LogP contribution < -0.4 is 31.6 Å². The van der Waals surface area contributed by atoms with Crippen LogP contribution in [-0.4, -0.2) is 74.7 Å². The SMILES string of the molecule is COc1cc(NC(=O)OCCc2ccc(-c3ccccc3)c(NC(=O)OC3CCC(NC(=O)OC(C)(C)C)CC3)c2)c(Cl)cc1CNC[C@H](O[Si](C)(C)C(C)(C)C)c1ccc(O)c2[nH]c(=O)ccc12. The Labute approximate surface area is 410 Å². The number of hydrogen-bond donors (Lipinski definition) is 6. The molecule has 0 aliphatic heterocycles. The molecule has 5 aromatic rings. The Morgan fingerprint density at radius 2 is 1.57 bits per heavy atom. The number of anilines is 2. The van der Waals surface area contributed by atoms with Gasteiger partial charge in [-0.25, -0.2) is 14.4 Å². The van der Waals surface area contributed by atoms with Crippen LogP contribution in [0.25, 0.3) is 22.0 Å². The summed E-state index contributed by atoms with van der Waals surface area (Å²) < 4.78 is 29.5. The van der Waals surface area contributed by atoms with Crippen LogP contribution in [0.5, 0.6) is 11.5 Å². The third-order valence-electron chi connectivity index (χ3n) is 12.4. The maximum absolute atomic E-state index is 13.3. The summed E-state index contributed by atoms with van der Waals surface area (Å²) in [7, 11) is -0.780. The number of benzene rings is 4. The molecule has 370 valence electrons. The van der Waals surface area contributed by atoms with E-state index in [1.54, 1.807) is 24.3 Å². The summed E-state index contributed by atoms with van der Waals surface area (Å²) in [4.78, 5) is 53.6. The van der Waals surface area contributed by atoms with Gasteiger partial charge in [0.2, 0.25) is 5.56 Å². The zero-order chi connectivity index (χ0) is 50.1. The first kappa shape index (κ1) is 52.3. The first-order chi connectivity index (χ1) is 32.6. The molecule has 4 aromatic carbocycles. The molecule has 1 aliphatic carbocycles. The molecule has 1 heterocycles. The van der Waals surface area contributed by atoms with Gasteiger partial charge in [0, 0.05) is 54.2 Å². The van der Waals surface area contributed by atoms with Crippen molar-refractivity contribution < 1.29 is 42.9 Å². The van der Waals surface area contributed by atoms with E-state index < -0.39 is 38.3 Å². The van der Waals surface area contributed by atoms with Crippen molar-refractivity contribution >= 4 is 60.5 Å². The van der Waals surface area contributed by atoms with Crippen LogP contribution in [0, 0.1) is 0 Å². The van der Waals surface area contributed by atoms with Gasteiger partial charge in [-0.2, -0.15) is 0 Å². The minimum atomic E-state index is -2.31. The van der Waals surface area contributed by atoms with Gasteiger partial charge in [0.1, 0.15) is 23.2 Å². The van der Waals surface area contributed by atoms with Gasteiger partial charge in [0.15, 0.2) is 8.32 Å². The zero-order valence-corrected chi connectivity index (χ0v) is 42.7. The average molecular weight is 985 g/mol. The van der Waals surface area contributed by atoms with E-state index in [1.165, 1.54) is 13.2 Å². The first-order valence-electron chi connectivity index (χ1n) is 23.3. The molecule has 6 N–H and O–H groups in total. The van der Waals surface area contributed by atoms with E-state index in [9.17, 15) is 24.3 Å². The number of methoxy groups -OCH3 is 1. The fourth-order valence-electron chi connectivity index (χ4n) is 7.86. The lowest BCUT2D eigenvalue weighted by molar-refractivity contribution is 0.0440. The van der Waals surface area contributed by atoms with Crippen molar-refractivity contribution in [1.82, 2.24) is 15.6 Å². The summed E-state index contributed by atoms with van der Waals surface area (Å²) in [6, 6.07) is 25.2. The fourth-order valence-corrected chi connectivity index (χ4v) is 9.37. The predicted molar refractivity (Wildman–Crippen MR) is 273 cm³/mol. The van der Waals surface area contributed by atoms with E-state index in [2.05, 4.69) is 60.1 Å². The molecular weight excluding hydrogens is 918 g/mol. The van der Waals surface area contributed by atoms with E-state index in [4.69, 9.17) is 35.0 Å². The van der Waals surface area contributed by atoms with E-state index in [1.807, 2.05) is 75.4 Å². The van der Waals surface area contributed by atoms with Gasteiger partial charge >= 0.3 is 18.3 Å². The van der Waals surface area contributed by atoms with Crippen molar-refractivity contribution in [1.29, 1.82) is 0 Å². The van der Waals surface area contributed by atoms with Gasteiger partial charge in [-0.1, -0.05) is 80.9 Å². The number of rotatable bonds is 16. The molecule has 0 radical (unpaired) electrons. The number of aromatic amines is 1. The van der Waals surface area contributed by atoms with Crippen LogP contribution in [0.15, 0.2) is 89.7 Å². The Balaban J connectivity index is 1.05. The number of phenols is 1. The molecule has 1 aliphatic rings. The number of nitrogens with one attached hydrogen (secondary N) is 5. The number of amides is 3. The number of alkyl carbamates (subject to hydrolysis) is 1. The van der Waals surface area contributed by atoms with Crippen molar-refractivity contribution in [2.24, 2.45) is 0 Å². The number of pyridine rings is 1. The Morgan fingerprint density at radius 1 is 0.855 bits per heavy atom. The number of carbonyl (C=O) groups is 3. The van der Waals surface area contributed by atoms with Gasteiger partial charge < -0.3 is 44.1 Å². The molecule has 15 nitrogen and oxygen atoms in total. The lowest BCUT2D eigenvalue weighted by Gasteiger charge is -2.39. The molecule has 1 aromatic heterocycles. The largest absolute Gasteiger partial charge is 0.506 e. The minimum absolute atomic E-state index is 0.0256. The minimum Gasteiger partial charge on any atom is -0.506 e. The summed E-state index contributed by atoms with van der Waals surface area (Å²) in [5.74, 6) is 0.457. The number of fused-ring (bicyclic) bond motifs is 1. The number of aromatic hydroxyl groups is 1. The molecule has 0 bridgehead atoms. The van der Waals surface area contributed by atoms with E-state index in [0.29, 0.717) is 73.2 Å². The van der Waals surface area contributed by atoms with Crippen molar-refractivity contribution in [3.05, 3.63) is 117 Å². The van der Waals surface area contributed by atoms with Crippen molar-refractivity contribution in [2.45, 2.75) is 122 Å². The second-order valence-corrected chi connectivity index (χ2v) is 25.0. The van der Waals surface area contributed by atoms with E-state index in [-0.39, 0.29) is 40.1 Å². The third-order valence-corrected chi connectivity index (χ3v) is 17.2. The summed E-state index contributed by atoms with van der Waals surface area (Å²) in [5.41, 5.74) is 4.36. The van der Waals surface area contributed by atoms with Crippen LogP contribution in [0.2, 0.25) is 23.2 Å². The number of H-pyrrole nitrogens is 1. The van der Waals surface area contributed by atoms with Gasteiger partial charge in [0.25, 0.3) is 0 Å². The number of aromatic nitrogens is 1. The maximum Gasteiger partial charge on any atom is 0.411 e. The van der Waals surface area contributed by atoms with Gasteiger partial charge in [-0.15, -0.1) is 0 Å². The Hall–Kier alpha value is -6.07. The summed E-state index contributed by atoms with van der Waals surface area (Å²) in [6.45, 7) is 17.1. The highest BCUT2D eigenvalue weighted by molar-refractivity contribution is 6.74. The molecule has 3 amide bonds. The number of carbonyl (C=O) groups excluding carboxylic acids is 3. The molecule has 0 unspecified atom stereocenters. The average Bonchev–Trinajstić information content (AvgIpc) is 3.27. The lowest BCUT2D eigenvalue weighted by atomic mass is 9.93. The Kier molecular flexibility index (Phi) is 17.1. The number of halogens is 1. The normalized spacial score (nSPS) is 15.7. The van der Waals surface area contributed by atoms with E-state index in [0.717, 1.165) is 27.8 Å². The zero-order valence-electron chi connectivity index (χ0n) is 41.0. The topological polar surface area (TPSA) is 199 Å². The molecule has 0 spiro atoms. The smallest absolute Gasteiger partial charge is 0.411 e. The first-order valence-corrected chi connectivity index (χ1v) is 26.6. The summed E-state index contributed by atoms with van der Waals surface area (Å²) in [6.07, 6.45) is 0.358. The highest BCUT2D eigenvalue weighted by Gasteiger charge is 2.40. The van der Waals surface area contributed by atoms with Crippen molar-refractivity contribution in [2.75, 3.05) is 30.9 Å². The van der Waals surface area contributed by atoms with Crippen LogP contribution in [0.1, 0.15) is 90.0 Å². The molecule has 1 saturated carbocycles. The third kappa shape index (κ3) is 14.5. The van der Waals surface area contributed by atoms with Crippen molar-refractivity contribution in [3.63, 3.8) is 0 Å². The van der Waals surface area contributed by atoms with Crippen LogP contribution >= 0.6 is 11.6 Å². The predicted octanol–water partition coefficient (Wildman–Crippen LogP) is 11.6. The molecule has 6 rings (SSSR count). The fraction of sp³-hybridized carbons (Fsp3) is 0.423. The molecular formula is C52H66ClN5O10Si. The van der Waals surface area contributed by atoms with Crippen LogP contribution in [-0.2, 0) is 31.6 Å². The van der Waals surface area contributed by atoms with Crippen molar-refractivity contribution in [3.8, 4) is 22.6 Å². The monoisotopic (exact) mass is 983 g/mol. The Bertz CT molecular complexity index is 2660. The highest BCUT2D eigenvalue weighted by Crippen LogP contribution is 2.41. The highest BCUT2D eigenvalue weighted by atomic mass is 35.5. The van der Waals surface area contributed by atoms with E-state index >= 15 is 0 Å². The quantitative estimate of drug-likeness (QED) is 0.0406. The van der Waals surface area contributed by atoms with Crippen LogP contribution in [0.4, 0.5) is 25.8 Å². The summed E-state index contributed by atoms with van der Waals surface area (Å²) >= 11 is 6.74. The summed E-state index contributed by atoms with van der Waals surface area (Å²) in [5, 5.41) is 23.5. The second kappa shape index (κ2) is 22.6. The second-order valence-electron chi connectivity index (χ2n) is 19.8. The molecule has 69 heavy (non-hydrogen) atoms. The van der Waals surface area contributed by atoms with Gasteiger partial charge in [0.05, 0.1) is 41.7 Å². The number of phenolic OH excluding ortho intramolecular Hbond substituents is 1. The molecule has 1 fully saturated rings. The lowest BCUT2D eigenvalue weighted by Crippen LogP contribution is -2.43. The molecule has 1 atom stereocenters. The molecule has 17 heteroatoms. The van der Waals surface area contributed by atoms with Gasteiger partial charge in [-0.3, -0.25) is 15.4 Å². The number of ether oxygens (including phenoxy) is 4. The van der Waals surface area contributed by atoms with Crippen LogP contribution in [0.3, 0.4) is 0 Å². The van der Waals surface area contributed by atoms with Gasteiger partial charge in [-0.05, 0) is 106 Å². The number of hydrogen-bond acceptors (Lipinski definition) is 11. The standard InChI is InChI=1S/C52H66ClN5O10Si/c1-51(2,3)67-50(63)55-35-16-18-36(19-17-35)66-49(62)56-41-27-32(15-20-37(41)33-13-11-10-12-14-33)25-26-65-48(61)57-42-29-44(64-7)34(28-40(42)53)30-54-31-45(68-69(8,9)52(4,5)6)38-21-23-43(59)47-39(38)22-24-46(60)58-47/h10-15,20-24,27-29,35-36,45,54,59H,16-19,25-26,30-31H2,1-9H3,(H,55,63)(H,56,62)(H,57,61)(H,58,60)/t35?,36?,45-/m0/s1. The molecule has 0 saturated heterocycles. The maximum atomic E-state index is 13.3.